The fourth-order valence-electron chi connectivity index (χ4n) is 4.21. The number of allylic oxidation sites excluding steroid dienone is 1. The normalized spacial score (nSPS) is 11.5. The predicted molar refractivity (Wildman–Crippen MR) is 132 cm³/mol. The van der Waals surface area contributed by atoms with Gasteiger partial charge in [-0.2, -0.15) is 0 Å². The fraction of sp³-hybridized carbons (Fsp3) is 0.200. The topological polar surface area (TPSA) is 87.3 Å². The molecular formula is C25H23N5O3S. The third-order valence-electron chi connectivity index (χ3n) is 5.89. The molecule has 0 amide bonds. The Labute approximate surface area is 199 Å². The van der Waals surface area contributed by atoms with Crippen molar-refractivity contribution in [3.63, 3.8) is 0 Å². The molecule has 4 aromatic heterocycles. The summed E-state index contributed by atoms with van der Waals surface area (Å²) in [5.74, 6) is 1.46. The summed E-state index contributed by atoms with van der Waals surface area (Å²) in [5.41, 5.74) is 3.13. The molecule has 34 heavy (non-hydrogen) atoms. The summed E-state index contributed by atoms with van der Waals surface area (Å²) < 4.78 is 10.9. The van der Waals surface area contributed by atoms with Gasteiger partial charge in [0.25, 0.3) is 5.56 Å². The van der Waals surface area contributed by atoms with Gasteiger partial charge in [0.1, 0.15) is 5.76 Å². The van der Waals surface area contributed by atoms with Gasteiger partial charge in [-0.15, -0.1) is 16.8 Å². The van der Waals surface area contributed by atoms with E-state index in [1.807, 2.05) is 54.6 Å². The third-order valence-corrected chi connectivity index (χ3v) is 6.82. The zero-order valence-corrected chi connectivity index (χ0v) is 19.7. The number of rotatable bonds is 8. The van der Waals surface area contributed by atoms with E-state index in [9.17, 15) is 9.59 Å². The van der Waals surface area contributed by atoms with Crippen molar-refractivity contribution in [1.82, 2.24) is 23.7 Å². The smallest absolute Gasteiger partial charge is 0.263 e. The Morgan fingerprint density at radius 3 is 2.74 bits per heavy atom. The summed E-state index contributed by atoms with van der Waals surface area (Å²) in [6.07, 6.45) is 3.30. The first-order valence-corrected chi connectivity index (χ1v) is 11.8. The minimum Gasteiger partial charge on any atom is -0.467 e. The molecular weight excluding hydrogens is 450 g/mol. The average molecular weight is 474 g/mol. The van der Waals surface area contributed by atoms with E-state index in [1.54, 1.807) is 18.4 Å². The number of thioether (sulfide) groups is 1. The van der Waals surface area contributed by atoms with Gasteiger partial charge in [0.2, 0.25) is 5.78 Å². The molecule has 5 aromatic rings. The van der Waals surface area contributed by atoms with Gasteiger partial charge in [-0.05, 0) is 44.2 Å². The number of para-hydroxylation sites is 1. The second-order valence-electron chi connectivity index (χ2n) is 8.00. The van der Waals surface area contributed by atoms with Crippen molar-refractivity contribution in [3.8, 4) is 0 Å². The van der Waals surface area contributed by atoms with Gasteiger partial charge >= 0.3 is 0 Å². The first-order chi connectivity index (χ1) is 16.5. The molecule has 0 atom stereocenters. The Bertz CT molecular complexity index is 1590. The molecule has 9 heteroatoms. The minimum absolute atomic E-state index is 0.00395. The maximum absolute atomic E-state index is 13.2. The number of aromatic nitrogens is 5. The molecule has 1 aromatic carbocycles. The van der Waals surface area contributed by atoms with Crippen LogP contribution in [-0.4, -0.2) is 35.3 Å². The number of carbonyl (C=O) groups is 1. The van der Waals surface area contributed by atoms with Gasteiger partial charge in [0, 0.05) is 23.5 Å². The molecule has 0 fully saturated rings. The van der Waals surface area contributed by atoms with Crippen molar-refractivity contribution in [2.75, 3.05) is 5.75 Å². The number of carbonyl (C=O) groups excluding carboxylic acids is 1. The van der Waals surface area contributed by atoms with Gasteiger partial charge in [-0.3, -0.25) is 18.6 Å². The molecule has 5 rings (SSSR count). The van der Waals surface area contributed by atoms with Crippen molar-refractivity contribution in [2.24, 2.45) is 0 Å². The monoisotopic (exact) mass is 473 g/mol. The van der Waals surface area contributed by atoms with Crippen molar-refractivity contribution < 1.29 is 9.21 Å². The zero-order chi connectivity index (χ0) is 23.8. The lowest BCUT2D eigenvalue weighted by molar-refractivity contribution is 0.102. The number of hydrogen-bond acceptors (Lipinski definition) is 6. The van der Waals surface area contributed by atoms with Crippen LogP contribution in [0.2, 0.25) is 0 Å². The van der Waals surface area contributed by atoms with Crippen LogP contribution in [-0.2, 0) is 13.1 Å². The van der Waals surface area contributed by atoms with Crippen molar-refractivity contribution in [1.29, 1.82) is 0 Å². The van der Waals surface area contributed by atoms with Crippen molar-refractivity contribution in [3.05, 3.63) is 94.4 Å². The van der Waals surface area contributed by atoms with Crippen LogP contribution < -0.4 is 5.56 Å². The molecule has 0 aliphatic carbocycles. The van der Waals surface area contributed by atoms with E-state index in [1.165, 1.54) is 16.3 Å². The lowest BCUT2D eigenvalue weighted by Crippen LogP contribution is -2.22. The molecule has 0 N–H and O–H groups in total. The first kappa shape index (κ1) is 22.0. The molecule has 0 radical (unpaired) electrons. The summed E-state index contributed by atoms with van der Waals surface area (Å²) in [4.78, 5) is 26.1. The SMILES string of the molecule is C=CCn1c(=O)c2ccccc2n2c(SCC(=O)c3cc(C)n(Cc4ccco4)c3C)nnc12. The van der Waals surface area contributed by atoms with Gasteiger partial charge in [-0.1, -0.05) is 30.0 Å². The molecule has 172 valence electrons. The highest BCUT2D eigenvalue weighted by molar-refractivity contribution is 7.99. The molecule has 0 unspecified atom stereocenters. The maximum atomic E-state index is 13.2. The summed E-state index contributed by atoms with van der Waals surface area (Å²) >= 11 is 1.31. The van der Waals surface area contributed by atoms with Gasteiger partial charge in [-0.25, -0.2) is 0 Å². The molecule has 8 nitrogen and oxygen atoms in total. The number of furan rings is 1. The van der Waals surface area contributed by atoms with Gasteiger partial charge in [0.15, 0.2) is 10.9 Å². The van der Waals surface area contributed by atoms with Crippen LogP contribution in [0.1, 0.15) is 27.5 Å². The van der Waals surface area contributed by atoms with Crippen LogP contribution in [0.3, 0.4) is 0 Å². The molecule has 0 aliphatic heterocycles. The number of aryl methyl sites for hydroxylation is 1. The predicted octanol–water partition coefficient (Wildman–Crippen LogP) is 4.26. The van der Waals surface area contributed by atoms with E-state index in [0.717, 1.165) is 17.1 Å². The van der Waals surface area contributed by atoms with Crippen LogP contribution in [0.5, 0.6) is 0 Å². The van der Waals surface area contributed by atoms with E-state index in [2.05, 4.69) is 21.3 Å². The summed E-state index contributed by atoms with van der Waals surface area (Å²) in [6, 6.07) is 13.0. The highest BCUT2D eigenvalue weighted by atomic mass is 32.2. The fourth-order valence-corrected chi connectivity index (χ4v) is 5.04. The van der Waals surface area contributed by atoms with Crippen molar-refractivity contribution >= 4 is 34.2 Å². The molecule has 0 saturated carbocycles. The van der Waals surface area contributed by atoms with E-state index in [4.69, 9.17) is 4.42 Å². The Morgan fingerprint density at radius 1 is 1.15 bits per heavy atom. The molecule has 0 saturated heterocycles. The van der Waals surface area contributed by atoms with Gasteiger partial charge in [0.05, 0.1) is 29.5 Å². The standard InChI is InChI=1S/C25H23N5O3S/c1-4-11-28-23(32)19-9-5-6-10-21(19)30-24(28)26-27-25(30)34-15-22(31)20-13-16(2)29(17(20)3)14-18-8-7-12-33-18/h4-10,12-13H,1,11,14-15H2,2-3H3. The number of Topliss-reactive ketones (excluding diaryl/α,β-unsaturated/α-hetero) is 1. The highest BCUT2D eigenvalue weighted by Gasteiger charge is 2.20. The summed E-state index contributed by atoms with van der Waals surface area (Å²) in [6.45, 7) is 8.57. The number of benzene rings is 1. The summed E-state index contributed by atoms with van der Waals surface area (Å²) in [5, 5.41) is 9.68. The van der Waals surface area contributed by atoms with Crippen molar-refractivity contribution in [2.45, 2.75) is 32.1 Å². The highest BCUT2D eigenvalue weighted by Crippen LogP contribution is 2.24. The Hall–Kier alpha value is -3.85. The maximum Gasteiger partial charge on any atom is 0.263 e. The lowest BCUT2D eigenvalue weighted by atomic mass is 10.2. The Kier molecular flexibility index (Phi) is 5.70. The molecule has 0 bridgehead atoms. The average Bonchev–Trinajstić information content (AvgIpc) is 3.57. The second kappa shape index (κ2) is 8.83. The van der Waals surface area contributed by atoms with E-state index < -0.39 is 0 Å². The molecule has 4 heterocycles. The number of ketones is 1. The first-order valence-electron chi connectivity index (χ1n) is 10.8. The van der Waals surface area contributed by atoms with Gasteiger partial charge < -0.3 is 8.98 Å². The van der Waals surface area contributed by atoms with Crippen LogP contribution >= 0.6 is 11.8 Å². The molecule has 0 aliphatic rings. The molecule has 0 spiro atoms. The number of hydrogen-bond donors (Lipinski definition) is 0. The lowest BCUT2D eigenvalue weighted by Gasteiger charge is -2.09. The minimum atomic E-state index is -0.146. The van der Waals surface area contributed by atoms with E-state index >= 15 is 0 Å². The van der Waals surface area contributed by atoms with Crippen LogP contribution in [0, 0.1) is 13.8 Å². The zero-order valence-electron chi connectivity index (χ0n) is 18.9. The third kappa shape index (κ3) is 3.67. The number of fused-ring (bicyclic) bond motifs is 3. The largest absolute Gasteiger partial charge is 0.467 e. The Morgan fingerprint density at radius 2 is 1.97 bits per heavy atom. The van der Waals surface area contributed by atoms with Crippen LogP contribution in [0.4, 0.5) is 0 Å². The second-order valence-corrected chi connectivity index (χ2v) is 8.94. The quantitative estimate of drug-likeness (QED) is 0.190. The number of nitrogens with zero attached hydrogens (tertiary/aromatic N) is 5. The Balaban J connectivity index is 1.47. The van der Waals surface area contributed by atoms with Crippen LogP contribution in [0.25, 0.3) is 16.7 Å². The summed E-state index contributed by atoms with van der Waals surface area (Å²) in [7, 11) is 0. The van der Waals surface area contributed by atoms with E-state index in [0.29, 0.717) is 40.5 Å². The van der Waals surface area contributed by atoms with E-state index in [-0.39, 0.29) is 17.1 Å². The van der Waals surface area contributed by atoms with Crippen LogP contribution in [0.15, 0.2) is 75.8 Å².